The molecule has 0 bridgehead atoms. The highest BCUT2D eigenvalue weighted by Gasteiger charge is 2.23. The molecule has 3 aromatic carbocycles. The van der Waals surface area contributed by atoms with E-state index in [1.165, 1.54) is 0 Å². The van der Waals surface area contributed by atoms with Gasteiger partial charge in [-0.3, -0.25) is 4.79 Å². The first-order valence-electron chi connectivity index (χ1n) is 10.7. The number of carboxylic acids is 1. The minimum Gasteiger partial charge on any atom is -0.490 e. The van der Waals surface area contributed by atoms with Gasteiger partial charge in [-0.25, -0.2) is 0 Å². The normalized spacial score (nSPS) is 14.9. The average molecular weight is 433 g/mol. The number of likely N-dealkylation sites (N-methyl/N-ethyl adjacent to an activating group) is 1. The molecule has 6 heteroatoms. The van der Waals surface area contributed by atoms with Gasteiger partial charge in [0.15, 0.2) is 0 Å². The van der Waals surface area contributed by atoms with E-state index in [1.807, 2.05) is 61.6 Å². The third kappa shape index (κ3) is 5.32. The smallest absolute Gasteiger partial charge is 0.307 e. The summed E-state index contributed by atoms with van der Waals surface area (Å²) in [6.07, 6.45) is -0.00132. The second-order valence-electron chi connectivity index (χ2n) is 8.14. The van der Waals surface area contributed by atoms with E-state index in [2.05, 4.69) is 35.0 Å². The van der Waals surface area contributed by atoms with E-state index < -0.39 is 5.97 Å². The van der Waals surface area contributed by atoms with Crippen LogP contribution in [0, 0.1) is 0 Å². The zero-order chi connectivity index (χ0) is 22.5. The Morgan fingerprint density at radius 2 is 1.88 bits per heavy atom. The summed E-state index contributed by atoms with van der Waals surface area (Å²) in [5.74, 6) is 0.875. The quantitative estimate of drug-likeness (QED) is 0.575. The van der Waals surface area contributed by atoms with Gasteiger partial charge in [0.05, 0.1) is 18.7 Å². The molecule has 0 saturated carbocycles. The van der Waals surface area contributed by atoms with Gasteiger partial charge >= 0.3 is 5.97 Å². The predicted octanol–water partition coefficient (Wildman–Crippen LogP) is 4.23. The number of ether oxygens (including phenoxy) is 2. The van der Waals surface area contributed by atoms with Crippen LogP contribution < -0.4 is 19.3 Å². The van der Waals surface area contributed by atoms with E-state index in [0.29, 0.717) is 13.2 Å². The van der Waals surface area contributed by atoms with Crippen LogP contribution in [0.2, 0.25) is 0 Å². The minimum atomic E-state index is -0.824. The number of nitrogens with zero attached hydrogens (tertiary/aromatic N) is 2. The first kappa shape index (κ1) is 21.6. The number of rotatable bonds is 8. The molecule has 0 spiro atoms. The summed E-state index contributed by atoms with van der Waals surface area (Å²) in [6, 6.07) is 23.7. The number of benzene rings is 3. The molecular weight excluding hydrogens is 404 g/mol. The third-order valence-corrected chi connectivity index (χ3v) is 5.53. The van der Waals surface area contributed by atoms with E-state index in [9.17, 15) is 4.79 Å². The lowest BCUT2D eigenvalue weighted by Gasteiger charge is -2.33. The second kappa shape index (κ2) is 9.64. The third-order valence-electron chi connectivity index (χ3n) is 5.53. The molecule has 1 atom stereocenters. The van der Waals surface area contributed by atoms with E-state index in [1.54, 1.807) is 0 Å². The molecule has 4 rings (SSSR count). The number of carbonyl (C=O) groups is 1. The van der Waals surface area contributed by atoms with E-state index in [4.69, 9.17) is 14.6 Å². The first-order valence-corrected chi connectivity index (χ1v) is 10.7. The molecule has 0 aliphatic carbocycles. The molecule has 0 aromatic heterocycles. The Morgan fingerprint density at radius 3 is 2.66 bits per heavy atom. The van der Waals surface area contributed by atoms with Gasteiger partial charge in [0.2, 0.25) is 0 Å². The lowest BCUT2D eigenvalue weighted by atomic mass is 10.1. The molecule has 1 N–H and O–H groups in total. The van der Waals surface area contributed by atoms with Crippen LogP contribution in [0.25, 0.3) is 0 Å². The summed E-state index contributed by atoms with van der Waals surface area (Å²) in [5, 5.41) is 9.01. The molecule has 0 radical (unpaired) electrons. The summed E-state index contributed by atoms with van der Waals surface area (Å²) in [5.41, 5.74) is 4.03. The van der Waals surface area contributed by atoms with Crippen LogP contribution in [-0.2, 0) is 17.8 Å². The largest absolute Gasteiger partial charge is 0.490 e. The molecule has 1 aliphatic rings. The maximum absolute atomic E-state index is 11.0. The molecular formula is C26H28N2O4. The van der Waals surface area contributed by atoms with Crippen LogP contribution in [0.4, 0.5) is 11.4 Å². The van der Waals surface area contributed by atoms with E-state index in [-0.39, 0.29) is 12.5 Å². The number of carboxylic acid groups (broad SMARTS) is 1. The van der Waals surface area contributed by atoms with Crippen molar-refractivity contribution >= 4 is 17.3 Å². The van der Waals surface area contributed by atoms with Crippen molar-refractivity contribution in [2.75, 3.05) is 37.0 Å². The second-order valence-corrected chi connectivity index (χ2v) is 8.14. The van der Waals surface area contributed by atoms with Gasteiger partial charge in [-0.05, 0) is 47.5 Å². The Bertz CT molecular complexity index is 1070. The van der Waals surface area contributed by atoms with Crippen molar-refractivity contribution in [1.82, 2.24) is 0 Å². The lowest BCUT2D eigenvalue weighted by molar-refractivity contribution is -0.136. The summed E-state index contributed by atoms with van der Waals surface area (Å²) in [4.78, 5) is 15.3. The van der Waals surface area contributed by atoms with Crippen LogP contribution in [0.5, 0.6) is 11.5 Å². The van der Waals surface area contributed by atoms with Gasteiger partial charge in [-0.15, -0.1) is 0 Å². The molecule has 0 fully saturated rings. The van der Waals surface area contributed by atoms with Crippen molar-refractivity contribution < 1.29 is 19.4 Å². The number of fused-ring (bicyclic) bond motifs is 1. The van der Waals surface area contributed by atoms with Crippen LogP contribution >= 0.6 is 0 Å². The molecule has 0 saturated heterocycles. The van der Waals surface area contributed by atoms with Gasteiger partial charge < -0.3 is 24.4 Å². The van der Waals surface area contributed by atoms with Crippen molar-refractivity contribution in [1.29, 1.82) is 0 Å². The van der Waals surface area contributed by atoms with Gasteiger partial charge in [0.25, 0.3) is 0 Å². The monoisotopic (exact) mass is 432 g/mol. The highest BCUT2D eigenvalue weighted by molar-refractivity contribution is 5.71. The zero-order valence-corrected chi connectivity index (χ0v) is 18.4. The molecule has 0 unspecified atom stereocenters. The topological polar surface area (TPSA) is 62.2 Å². The van der Waals surface area contributed by atoms with Gasteiger partial charge in [-0.1, -0.05) is 36.4 Å². The SMILES string of the molecule is CN(Cc1ccc(OC[C@@H]2CN(C)c3ccccc3O2)cc1)c1cccc(CC(=O)O)c1. The zero-order valence-electron chi connectivity index (χ0n) is 18.4. The van der Waals surface area contributed by atoms with Crippen molar-refractivity contribution in [2.24, 2.45) is 0 Å². The van der Waals surface area contributed by atoms with Crippen LogP contribution in [0.15, 0.2) is 72.8 Å². The fourth-order valence-corrected chi connectivity index (χ4v) is 3.90. The number of aliphatic carboxylic acids is 1. The lowest BCUT2D eigenvalue weighted by Crippen LogP contribution is -2.41. The number of hydrogen-bond acceptors (Lipinski definition) is 5. The van der Waals surface area contributed by atoms with E-state index >= 15 is 0 Å². The standard InChI is InChI=1S/C26H28N2O4/c1-27(21-7-5-6-20(14-21)15-26(29)30)16-19-10-12-22(13-11-19)31-18-23-17-28(2)24-8-3-4-9-25(24)32-23/h3-14,23H,15-18H2,1-2H3,(H,29,30)/t23-/m0/s1. The van der Waals surface area contributed by atoms with Crippen molar-refractivity contribution in [2.45, 2.75) is 19.1 Å². The van der Waals surface area contributed by atoms with Crippen molar-refractivity contribution in [3.63, 3.8) is 0 Å². The Labute approximate surface area is 188 Å². The fraction of sp³-hybridized carbons (Fsp3) is 0.269. The molecule has 3 aromatic rings. The van der Waals surface area contributed by atoms with Gasteiger partial charge in [0, 0.05) is 26.3 Å². The van der Waals surface area contributed by atoms with Gasteiger partial charge in [0.1, 0.15) is 24.2 Å². The van der Waals surface area contributed by atoms with Crippen LogP contribution in [0.1, 0.15) is 11.1 Å². The Kier molecular flexibility index (Phi) is 6.50. The first-order chi connectivity index (χ1) is 15.5. The molecule has 1 heterocycles. The summed E-state index contributed by atoms with van der Waals surface area (Å²) >= 11 is 0. The Balaban J connectivity index is 1.31. The fourth-order valence-electron chi connectivity index (χ4n) is 3.90. The maximum atomic E-state index is 11.0. The molecule has 32 heavy (non-hydrogen) atoms. The predicted molar refractivity (Wildman–Crippen MR) is 126 cm³/mol. The summed E-state index contributed by atoms with van der Waals surface area (Å²) < 4.78 is 12.1. The number of hydrogen-bond donors (Lipinski definition) is 1. The van der Waals surface area contributed by atoms with E-state index in [0.717, 1.165) is 40.5 Å². The van der Waals surface area contributed by atoms with Crippen molar-refractivity contribution in [3.05, 3.63) is 83.9 Å². The number of anilines is 2. The van der Waals surface area contributed by atoms with Crippen molar-refractivity contribution in [3.8, 4) is 11.5 Å². The van der Waals surface area contributed by atoms with Gasteiger partial charge in [-0.2, -0.15) is 0 Å². The Hall–Kier alpha value is -3.67. The average Bonchev–Trinajstić information content (AvgIpc) is 2.78. The summed E-state index contributed by atoms with van der Waals surface area (Å²) in [7, 11) is 4.07. The van der Waals surface area contributed by atoms with Crippen LogP contribution in [0.3, 0.4) is 0 Å². The number of para-hydroxylation sites is 2. The molecule has 1 aliphatic heterocycles. The summed E-state index contributed by atoms with van der Waals surface area (Å²) in [6.45, 7) is 1.97. The minimum absolute atomic E-state index is 0.0276. The highest BCUT2D eigenvalue weighted by atomic mass is 16.5. The molecule has 6 nitrogen and oxygen atoms in total. The van der Waals surface area contributed by atoms with Crippen LogP contribution in [-0.4, -0.2) is 44.4 Å². The molecule has 166 valence electrons. The Morgan fingerprint density at radius 1 is 1.09 bits per heavy atom. The highest BCUT2D eigenvalue weighted by Crippen LogP contribution is 2.32. The molecule has 0 amide bonds. The maximum Gasteiger partial charge on any atom is 0.307 e.